The van der Waals surface area contributed by atoms with E-state index < -0.39 is 10.0 Å². The van der Waals surface area contributed by atoms with Crippen LogP contribution in [0.2, 0.25) is 0 Å². The Morgan fingerprint density at radius 2 is 1.79 bits per heavy atom. The number of carbonyl (C=O) groups excluding carboxylic acids is 1. The van der Waals surface area contributed by atoms with Crippen molar-refractivity contribution in [1.29, 1.82) is 0 Å². The lowest BCUT2D eigenvalue weighted by Crippen LogP contribution is -2.30. The van der Waals surface area contributed by atoms with Gasteiger partial charge in [-0.05, 0) is 55.7 Å². The van der Waals surface area contributed by atoms with Gasteiger partial charge in [-0.2, -0.15) is 0 Å². The van der Waals surface area contributed by atoms with Gasteiger partial charge in [-0.15, -0.1) is 0 Å². The standard InChI is InChI=1S/C21H24N4O3S/c26-20(8-5-15-29(27,28)25-13-3-4-14-25)22-17-11-9-16(10-12-17)21-23-18-6-1-2-7-19(18)24-21/h1-2,6-7,9-12H,3-5,8,13-15H2,(H,22,26)(H,23,24). The lowest BCUT2D eigenvalue weighted by atomic mass is 10.2. The first-order chi connectivity index (χ1) is 14.0. The van der Waals surface area contributed by atoms with Crippen molar-refractivity contribution in [3.63, 3.8) is 0 Å². The predicted molar refractivity (Wildman–Crippen MR) is 114 cm³/mol. The van der Waals surface area contributed by atoms with E-state index in [-0.39, 0.29) is 18.1 Å². The number of anilines is 1. The number of amides is 1. The third kappa shape index (κ3) is 4.65. The first-order valence-electron chi connectivity index (χ1n) is 9.84. The van der Waals surface area contributed by atoms with Crippen molar-refractivity contribution in [3.05, 3.63) is 48.5 Å². The number of sulfonamides is 1. The van der Waals surface area contributed by atoms with Crippen molar-refractivity contribution in [2.45, 2.75) is 25.7 Å². The monoisotopic (exact) mass is 412 g/mol. The molecule has 7 nitrogen and oxygen atoms in total. The van der Waals surface area contributed by atoms with Gasteiger partial charge in [-0.25, -0.2) is 17.7 Å². The van der Waals surface area contributed by atoms with Gasteiger partial charge in [0.05, 0.1) is 16.8 Å². The summed E-state index contributed by atoms with van der Waals surface area (Å²) >= 11 is 0. The molecule has 1 amide bonds. The molecule has 1 aromatic heterocycles. The average Bonchev–Trinajstić information content (AvgIpc) is 3.39. The van der Waals surface area contributed by atoms with Gasteiger partial charge in [0.15, 0.2) is 0 Å². The normalized spacial score (nSPS) is 15.0. The van der Waals surface area contributed by atoms with Gasteiger partial charge in [0.2, 0.25) is 15.9 Å². The number of nitrogens with zero attached hydrogens (tertiary/aromatic N) is 2. The molecule has 8 heteroatoms. The zero-order valence-electron chi connectivity index (χ0n) is 16.1. The number of carbonyl (C=O) groups is 1. The Kier molecular flexibility index (Phi) is 5.64. The number of aromatic nitrogens is 2. The van der Waals surface area contributed by atoms with E-state index in [0.29, 0.717) is 25.2 Å². The van der Waals surface area contributed by atoms with Crippen LogP contribution >= 0.6 is 0 Å². The number of para-hydroxylation sites is 2. The Balaban J connectivity index is 1.30. The SMILES string of the molecule is O=C(CCCS(=O)(=O)N1CCCC1)Nc1ccc(-c2nc3ccccc3[nH]2)cc1. The Morgan fingerprint density at radius 3 is 2.52 bits per heavy atom. The summed E-state index contributed by atoms with van der Waals surface area (Å²) in [5, 5.41) is 2.83. The van der Waals surface area contributed by atoms with Gasteiger partial charge in [0.1, 0.15) is 5.82 Å². The lowest BCUT2D eigenvalue weighted by Gasteiger charge is -2.15. The summed E-state index contributed by atoms with van der Waals surface area (Å²) in [5.41, 5.74) is 3.49. The van der Waals surface area contributed by atoms with E-state index in [1.807, 2.05) is 48.5 Å². The first-order valence-corrected chi connectivity index (χ1v) is 11.4. The summed E-state index contributed by atoms with van der Waals surface area (Å²) in [4.78, 5) is 20.0. The van der Waals surface area contributed by atoms with Crippen molar-refractivity contribution in [2.75, 3.05) is 24.2 Å². The van der Waals surface area contributed by atoms with Crippen molar-refractivity contribution >= 4 is 32.7 Å². The third-order valence-electron chi connectivity index (χ3n) is 5.10. The molecule has 0 atom stereocenters. The molecule has 0 saturated carbocycles. The molecule has 0 aliphatic carbocycles. The summed E-state index contributed by atoms with van der Waals surface area (Å²) < 4.78 is 25.9. The second-order valence-electron chi connectivity index (χ2n) is 7.25. The van der Waals surface area contributed by atoms with Crippen LogP contribution in [0.4, 0.5) is 5.69 Å². The molecular weight excluding hydrogens is 388 g/mol. The quantitative estimate of drug-likeness (QED) is 0.622. The smallest absolute Gasteiger partial charge is 0.224 e. The molecule has 1 fully saturated rings. The van der Waals surface area contributed by atoms with Gasteiger partial charge >= 0.3 is 0 Å². The van der Waals surface area contributed by atoms with Gasteiger partial charge in [0.25, 0.3) is 0 Å². The Morgan fingerprint density at radius 1 is 1.07 bits per heavy atom. The molecule has 2 N–H and O–H groups in total. The fraction of sp³-hybridized carbons (Fsp3) is 0.333. The topological polar surface area (TPSA) is 95.2 Å². The van der Waals surface area contributed by atoms with Gasteiger partial charge in [0, 0.05) is 30.8 Å². The van der Waals surface area contributed by atoms with E-state index in [1.165, 1.54) is 4.31 Å². The highest BCUT2D eigenvalue weighted by molar-refractivity contribution is 7.89. The number of hydrogen-bond donors (Lipinski definition) is 2. The van der Waals surface area contributed by atoms with Crippen molar-refractivity contribution in [2.24, 2.45) is 0 Å². The van der Waals surface area contributed by atoms with Crippen LogP contribution < -0.4 is 5.32 Å². The van der Waals surface area contributed by atoms with Crippen LogP contribution in [0, 0.1) is 0 Å². The zero-order valence-corrected chi connectivity index (χ0v) is 16.9. The van der Waals surface area contributed by atoms with Crippen LogP contribution in [0.1, 0.15) is 25.7 Å². The number of imidazole rings is 1. The van der Waals surface area contributed by atoms with Gasteiger partial charge in [-0.1, -0.05) is 12.1 Å². The van der Waals surface area contributed by atoms with E-state index in [2.05, 4.69) is 15.3 Å². The van der Waals surface area contributed by atoms with Crippen molar-refractivity contribution in [1.82, 2.24) is 14.3 Å². The van der Waals surface area contributed by atoms with Crippen LogP contribution in [-0.4, -0.2) is 47.4 Å². The molecule has 2 aromatic carbocycles. The first kappa shape index (κ1) is 19.6. The van der Waals surface area contributed by atoms with E-state index >= 15 is 0 Å². The average molecular weight is 413 g/mol. The molecule has 1 aliphatic heterocycles. The minimum atomic E-state index is -3.23. The third-order valence-corrected chi connectivity index (χ3v) is 7.05. The van der Waals surface area contributed by atoms with E-state index in [9.17, 15) is 13.2 Å². The Bertz CT molecular complexity index is 1070. The van der Waals surface area contributed by atoms with Crippen LogP contribution in [0.15, 0.2) is 48.5 Å². The predicted octanol–water partition coefficient (Wildman–Crippen LogP) is 3.37. The molecule has 29 heavy (non-hydrogen) atoms. The summed E-state index contributed by atoms with van der Waals surface area (Å²) in [6, 6.07) is 15.3. The number of fused-ring (bicyclic) bond motifs is 1. The molecule has 1 aliphatic rings. The molecule has 0 spiro atoms. The number of benzene rings is 2. The molecule has 3 aromatic rings. The largest absolute Gasteiger partial charge is 0.338 e. The fourth-order valence-electron chi connectivity index (χ4n) is 3.53. The maximum Gasteiger partial charge on any atom is 0.224 e. The Hall–Kier alpha value is -2.71. The number of nitrogens with one attached hydrogen (secondary N) is 2. The Labute approximate surface area is 170 Å². The van der Waals surface area contributed by atoms with E-state index in [0.717, 1.165) is 35.3 Å². The molecule has 0 unspecified atom stereocenters. The molecule has 1 saturated heterocycles. The second kappa shape index (κ2) is 8.34. The summed E-state index contributed by atoms with van der Waals surface area (Å²) in [7, 11) is -3.23. The van der Waals surface area contributed by atoms with Crippen LogP contribution in [0.3, 0.4) is 0 Å². The second-order valence-corrected chi connectivity index (χ2v) is 9.34. The van der Waals surface area contributed by atoms with E-state index in [4.69, 9.17) is 0 Å². The van der Waals surface area contributed by atoms with Crippen LogP contribution in [0.25, 0.3) is 22.4 Å². The highest BCUT2D eigenvalue weighted by Crippen LogP contribution is 2.22. The van der Waals surface area contributed by atoms with Gasteiger partial charge in [-0.3, -0.25) is 4.79 Å². The minimum absolute atomic E-state index is 0.0193. The molecule has 0 radical (unpaired) electrons. The summed E-state index contributed by atoms with van der Waals surface area (Å²) in [5.74, 6) is 0.611. The molecule has 152 valence electrons. The number of rotatable bonds is 7. The maximum atomic E-state index is 12.2. The van der Waals surface area contributed by atoms with Crippen molar-refractivity contribution < 1.29 is 13.2 Å². The number of H-pyrrole nitrogens is 1. The summed E-state index contributed by atoms with van der Waals surface area (Å²) in [6.45, 7) is 1.21. The molecule has 4 rings (SSSR count). The van der Waals surface area contributed by atoms with Crippen LogP contribution in [0.5, 0.6) is 0 Å². The zero-order chi connectivity index (χ0) is 20.3. The summed E-state index contributed by atoms with van der Waals surface area (Å²) in [6.07, 6.45) is 2.34. The maximum absolute atomic E-state index is 12.2. The van der Waals surface area contributed by atoms with E-state index in [1.54, 1.807) is 0 Å². The lowest BCUT2D eigenvalue weighted by molar-refractivity contribution is -0.116. The van der Waals surface area contributed by atoms with Crippen molar-refractivity contribution in [3.8, 4) is 11.4 Å². The minimum Gasteiger partial charge on any atom is -0.338 e. The fourth-order valence-corrected chi connectivity index (χ4v) is 5.12. The number of aromatic amines is 1. The molecular formula is C21H24N4O3S. The number of hydrogen-bond acceptors (Lipinski definition) is 4. The van der Waals surface area contributed by atoms with Crippen LogP contribution in [-0.2, 0) is 14.8 Å². The van der Waals surface area contributed by atoms with Gasteiger partial charge < -0.3 is 10.3 Å². The molecule has 2 heterocycles. The highest BCUT2D eigenvalue weighted by atomic mass is 32.2. The highest BCUT2D eigenvalue weighted by Gasteiger charge is 2.24. The molecule has 0 bridgehead atoms.